The Kier molecular flexibility index (Phi) is 2.05. The van der Waals surface area contributed by atoms with Gasteiger partial charge in [0, 0.05) is 6.04 Å². The Morgan fingerprint density at radius 3 is 2.86 bits per heavy atom. The largest absolute Gasteiger partial charge is 0.308 e. The number of rotatable bonds is 2. The van der Waals surface area contributed by atoms with Crippen LogP contribution in [-0.2, 0) is 0 Å². The molecule has 2 heterocycles. The van der Waals surface area contributed by atoms with E-state index in [9.17, 15) is 0 Å². The minimum Gasteiger partial charge on any atom is -0.308 e. The lowest BCUT2D eigenvalue weighted by molar-refractivity contribution is 0.546. The Morgan fingerprint density at radius 2 is 2.21 bits per heavy atom. The molecule has 6 nitrogen and oxygen atoms in total. The number of aromatic nitrogens is 4. The first-order valence-corrected chi connectivity index (χ1v) is 4.39. The summed E-state index contributed by atoms with van der Waals surface area (Å²) in [6.07, 6.45) is 3.18. The fraction of sp³-hybridized carbons (Fsp3) is 0.375. The third-order valence-corrected chi connectivity index (χ3v) is 2.02. The van der Waals surface area contributed by atoms with Crippen molar-refractivity contribution >= 4 is 16.9 Å². The lowest BCUT2D eigenvalue weighted by Gasteiger charge is -2.06. The SMILES string of the molecule is CC(C)n1ncc2c(NN)ncnc21. The summed E-state index contributed by atoms with van der Waals surface area (Å²) in [5.74, 6) is 5.92. The smallest absolute Gasteiger partial charge is 0.163 e. The van der Waals surface area contributed by atoms with Crippen molar-refractivity contribution in [3.05, 3.63) is 12.5 Å². The van der Waals surface area contributed by atoms with Crippen molar-refractivity contribution in [2.24, 2.45) is 5.84 Å². The third kappa shape index (κ3) is 1.20. The fourth-order valence-corrected chi connectivity index (χ4v) is 1.36. The highest BCUT2D eigenvalue weighted by atomic mass is 15.3. The highest BCUT2D eigenvalue weighted by molar-refractivity contribution is 5.85. The Bertz CT molecular complexity index is 446. The van der Waals surface area contributed by atoms with Gasteiger partial charge in [0.1, 0.15) is 6.33 Å². The summed E-state index contributed by atoms with van der Waals surface area (Å²) in [4.78, 5) is 8.16. The number of nitrogen functional groups attached to an aromatic ring is 1. The summed E-state index contributed by atoms with van der Waals surface area (Å²) in [5, 5.41) is 5.06. The molecular formula is C8H12N6. The zero-order valence-corrected chi connectivity index (χ0v) is 8.10. The fourth-order valence-electron chi connectivity index (χ4n) is 1.36. The van der Waals surface area contributed by atoms with E-state index in [1.165, 1.54) is 6.33 Å². The van der Waals surface area contributed by atoms with E-state index in [-0.39, 0.29) is 6.04 Å². The quantitative estimate of drug-likeness (QED) is 0.540. The van der Waals surface area contributed by atoms with Crippen LogP contribution in [0.5, 0.6) is 0 Å². The van der Waals surface area contributed by atoms with Crippen molar-refractivity contribution in [1.29, 1.82) is 0 Å². The van der Waals surface area contributed by atoms with Gasteiger partial charge in [-0.05, 0) is 13.8 Å². The molecule has 14 heavy (non-hydrogen) atoms. The highest BCUT2D eigenvalue weighted by Crippen LogP contribution is 2.19. The number of hydrogen-bond acceptors (Lipinski definition) is 5. The van der Waals surface area contributed by atoms with Gasteiger partial charge in [0.05, 0.1) is 11.6 Å². The van der Waals surface area contributed by atoms with Crippen LogP contribution >= 0.6 is 0 Å². The predicted molar refractivity (Wildman–Crippen MR) is 53.5 cm³/mol. The zero-order valence-electron chi connectivity index (χ0n) is 8.10. The van der Waals surface area contributed by atoms with Gasteiger partial charge in [0.15, 0.2) is 11.5 Å². The van der Waals surface area contributed by atoms with E-state index in [0.29, 0.717) is 5.82 Å². The summed E-state index contributed by atoms with van der Waals surface area (Å²) >= 11 is 0. The minimum absolute atomic E-state index is 0.271. The average Bonchev–Trinajstić information content (AvgIpc) is 2.60. The minimum atomic E-state index is 0.271. The van der Waals surface area contributed by atoms with E-state index >= 15 is 0 Å². The molecule has 0 radical (unpaired) electrons. The van der Waals surface area contributed by atoms with Gasteiger partial charge in [0.2, 0.25) is 0 Å². The topological polar surface area (TPSA) is 81.7 Å². The lowest BCUT2D eigenvalue weighted by atomic mass is 10.3. The number of hydrazine groups is 1. The molecule has 0 atom stereocenters. The first kappa shape index (κ1) is 8.89. The van der Waals surface area contributed by atoms with Crippen molar-refractivity contribution in [2.75, 3.05) is 5.43 Å². The van der Waals surface area contributed by atoms with Gasteiger partial charge in [-0.3, -0.25) is 0 Å². The predicted octanol–water partition coefficient (Wildman–Crippen LogP) is 0.693. The van der Waals surface area contributed by atoms with E-state index in [2.05, 4.69) is 20.5 Å². The van der Waals surface area contributed by atoms with Gasteiger partial charge in [-0.25, -0.2) is 20.5 Å². The normalized spacial score (nSPS) is 11.1. The van der Waals surface area contributed by atoms with Gasteiger partial charge in [-0.2, -0.15) is 5.10 Å². The molecule has 3 N–H and O–H groups in total. The summed E-state index contributed by atoms with van der Waals surface area (Å²) in [6, 6.07) is 0.271. The van der Waals surface area contributed by atoms with Crippen LogP contribution in [0.15, 0.2) is 12.5 Å². The number of anilines is 1. The van der Waals surface area contributed by atoms with Gasteiger partial charge >= 0.3 is 0 Å². The summed E-state index contributed by atoms with van der Waals surface area (Å²) < 4.78 is 1.83. The van der Waals surface area contributed by atoms with E-state index in [1.807, 2.05) is 18.5 Å². The second-order valence-electron chi connectivity index (χ2n) is 3.29. The summed E-state index contributed by atoms with van der Waals surface area (Å²) in [7, 11) is 0. The second kappa shape index (κ2) is 3.22. The van der Waals surface area contributed by atoms with Crippen molar-refractivity contribution in [3.63, 3.8) is 0 Å². The van der Waals surface area contributed by atoms with Crippen molar-refractivity contribution < 1.29 is 0 Å². The molecule has 6 heteroatoms. The molecule has 2 aromatic heterocycles. The van der Waals surface area contributed by atoms with E-state index < -0.39 is 0 Å². The van der Waals surface area contributed by atoms with E-state index in [1.54, 1.807) is 6.20 Å². The molecule has 74 valence electrons. The molecule has 0 fully saturated rings. The highest BCUT2D eigenvalue weighted by Gasteiger charge is 2.10. The van der Waals surface area contributed by atoms with Gasteiger partial charge in [0.25, 0.3) is 0 Å². The number of nitrogens with two attached hydrogens (primary N) is 1. The van der Waals surface area contributed by atoms with Crippen molar-refractivity contribution in [2.45, 2.75) is 19.9 Å². The van der Waals surface area contributed by atoms with E-state index in [4.69, 9.17) is 5.84 Å². The molecular weight excluding hydrogens is 180 g/mol. The van der Waals surface area contributed by atoms with Crippen LogP contribution in [0.1, 0.15) is 19.9 Å². The molecule has 0 spiro atoms. The molecule has 2 rings (SSSR count). The van der Waals surface area contributed by atoms with Crippen molar-refractivity contribution in [3.8, 4) is 0 Å². The molecule has 0 amide bonds. The maximum absolute atomic E-state index is 5.32. The van der Waals surface area contributed by atoms with Crippen LogP contribution in [0.25, 0.3) is 11.0 Å². The van der Waals surface area contributed by atoms with Crippen LogP contribution in [0.4, 0.5) is 5.82 Å². The van der Waals surface area contributed by atoms with Crippen LogP contribution in [0, 0.1) is 0 Å². The first-order chi connectivity index (χ1) is 6.74. The number of hydrogen-bond donors (Lipinski definition) is 2. The molecule has 0 saturated heterocycles. The molecule has 2 aromatic rings. The molecule has 0 unspecified atom stereocenters. The van der Waals surface area contributed by atoms with Crippen LogP contribution in [-0.4, -0.2) is 19.7 Å². The molecule has 0 saturated carbocycles. The molecule has 0 aliphatic heterocycles. The average molecular weight is 192 g/mol. The monoisotopic (exact) mass is 192 g/mol. The molecule has 0 aromatic carbocycles. The maximum atomic E-state index is 5.32. The molecule has 0 aliphatic carbocycles. The number of nitrogens with zero attached hydrogens (tertiary/aromatic N) is 4. The van der Waals surface area contributed by atoms with E-state index in [0.717, 1.165) is 11.0 Å². The van der Waals surface area contributed by atoms with Crippen LogP contribution < -0.4 is 11.3 Å². The Hall–Kier alpha value is -1.69. The third-order valence-electron chi connectivity index (χ3n) is 2.02. The molecule has 0 bridgehead atoms. The van der Waals surface area contributed by atoms with Crippen LogP contribution in [0.2, 0.25) is 0 Å². The van der Waals surface area contributed by atoms with Gasteiger partial charge in [-0.1, -0.05) is 0 Å². The first-order valence-electron chi connectivity index (χ1n) is 4.39. The Balaban J connectivity index is 2.69. The standard InChI is InChI=1S/C8H12N6/c1-5(2)14-8-6(3-12-14)7(13-9)10-4-11-8/h3-5H,9H2,1-2H3,(H,10,11,13). The zero-order chi connectivity index (χ0) is 10.1. The summed E-state index contributed by atoms with van der Waals surface area (Å²) in [6.45, 7) is 4.09. The lowest BCUT2D eigenvalue weighted by Crippen LogP contribution is -2.09. The van der Waals surface area contributed by atoms with Crippen LogP contribution in [0.3, 0.4) is 0 Å². The maximum Gasteiger partial charge on any atom is 0.163 e. The second-order valence-corrected chi connectivity index (χ2v) is 3.29. The Labute approximate surface area is 81.1 Å². The number of fused-ring (bicyclic) bond motifs is 1. The van der Waals surface area contributed by atoms with Gasteiger partial charge in [-0.15, -0.1) is 0 Å². The number of nitrogens with one attached hydrogen (secondary N) is 1. The van der Waals surface area contributed by atoms with Crippen molar-refractivity contribution in [1.82, 2.24) is 19.7 Å². The molecule has 0 aliphatic rings. The van der Waals surface area contributed by atoms with Gasteiger partial charge < -0.3 is 5.43 Å². The Morgan fingerprint density at radius 1 is 1.43 bits per heavy atom. The summed E-state index contributed by atoms with van der Waals surface area (Å²) in [5.41, 5.74) is 3.31.